The van der Waals surface area contributed by atoms with Crippen LogP contribution in [0, 0.1) is 0 Å². The highest BCUT2D eigenvalue weighted by atomic mass is 35.5. The average Bonchev–Trinajstić information content (AvgIpc) is 2.97. The molecular formula is C19H21ClN2O3S. The van der Waals surface area contributed by atoms with Crippen molar-refractivity contribution in [3.8, 4) is 0 Å². The number of urea groups is 1. The lowest BCUT2D eigenvalue weighted by atomic mass is 9.95. The molecule has 1 heterocycles. The van der Waals surface area contributed by atoms with Gasteiger partial charge in [0.25, 0.3) is 0 Å². The van der Waals surface area contributed by atoms with Crippen LogP contribution in [0.2, 0.25) is 5.02 Å². The molecule has 2 amide bonds. The van der Waals surface area contributed by atoms with Crippen molar-refractivity contribution in [1.29, 1.82) is 0 Å². The van der Waals surface area contributed by atoms with E-state index in [4.69, 9.17) is 16.3 Å². The summed E-state index contributed by atoms with van der Waals surface area (Å²) in [5.41, 5.74) is 2.13. The minimum Gasteiger partial charge on any atom is -0.462 e. The van der Waals surface area contributed by atoms with E-state index in [0.29, 0.717) is 27.9 Å². The lowest BCUT2D eigenvalue weighted by Crippen LogP contribution is -2.21. The Morgan fingerprint density at radius 2 is 2.04 bits per heavy atom. The third-order valence-electron chi connectivity index (χ3n) is 4.12. The first-order chi connectivity index (χ1) is 12.6. The van der Waals surface area contributed by atoms with Gasteiger partial charge in [0.2, 0.25) is 0 Å². The summed E-state index contributed by atoms with van der Waals surface area (Å²) in [5.74, 6) is -0.357. The highest BCUT2D eigenvalue weighted by Crippen LogP contribution is 2.38. The summed E-state index contributed by atoms with van der Waals surface area (Å²) in [6.07, 6.45) is 4.69. The number of amides is 2. The Morgan fingerprint density at radius 1 is 1.23 bits per heavy atom. The predicted octanol–water partition coefficient (Wildman–Crippen LogP) is 5.49. The van der Waals surface area contributed by atoms with E-state index < -0.39 is 6.03 Å². The summed E-state index contributed by atoms with van der Waals surface area (Å²) >= 11 is 7.41. The Balaban J connectivity index is 1.80. The van der Waals surface area contributed by atoms with Crippen LogP contribution in [-0.4, -0.2) is 18.6 Å². The molecule has 0 saturated heterocycles. The second kappa shape index (κ2) is 8.56. The summed E-state index contributed by atoms with van der Waals surface area (Å²) < 4.78 is 5.34. The number of fused-ring (bicyclic) bond motifs is 1. The van der Waals surface area contributed by atoms with Crippen LogP contribution in [-0.2, 0) is 17.6 Å². The molecule has 1 aliphatic rings. The van der Waals surface area contributed by atoms with Gasteiger partial charge in [0.05, 0.1) is 12.2 Å². The molecule has 26 heavy (non-hydrogen) atoms. The number of esters is 1. The monoisotopic (exact) mass is 392 g/mol. The molecule has 0 aliphatic heterocycles. The number of thiophene rings is 1. The Kier molecular flexibility index (Phi) is 6.16. The van der Waals surface area contributed by atoms with E-state index in [-0.39, 0.29) is 5.97 Å². The summed E-state index contributed by atoms with van der Waals surface area (Å²) in [6.45, 7) is 2.32. The molecule has 1 aromatic heterocycles. The summed E-state index contributed by atoms with van der Waals surface area (Å²) in [7, 11) is 0. The SMILES string of the molecule is CCCOC(=O)c1c(NC(=O)Nc2cccc(Cl)c2)sc2c1CCCC2. The molecule has 0 saturated carbocycles. The van der Waals surface area contributed by atoms with Crippen molar-refractivity contribution < 1.29 is 14.3 Å². The van der Waals surface area contributed by atoms with Crippen LogP contribution in [0.3, 0.4) is 0 Å². The van der Waals surface area contributed by atoms with Crippen molar-refractivity contribution in [1.82, 2.24) is 0 Å². The number of halogens is 1. The van der Waals surface area contributed by atoms with Crippen LogP contribution in [0.25, 0.3) is 0 Å². The van der Waals surface area contributed by atoms with Gasteiger partial charge in [0, 0.05) is 15.6 Å². The number of carbonyl (C=O) groups excluding carboxylic acids is 2. The van der Waals surface area contributed by atoms with Gasteiger partial charge >= 0.3 is 12.0 Å². The van der Waals surface area contributed by atoms with Gasteiger partial charge in [-0.05, 0) is 55.9 Å². The summed E-state index contributed by atoms with van der Waals surface area (Å²) in [4.78, 5) is 26.1. The summed E-state index contributed by atoms with van der Waals surface area (Å²) in [6, 6.07) is 6.50. The molecule has 0 fully saturated rings. The van der Waals surface area contributed by atoms with Crippen LogP contribution in [0.1, 0.15) is 47.0 Å². The van der Waals surface area contributed by atoms with Crippen molar-refractivity contribution in [2.45, 2.75) is 39.0 Å². The van der Waals surface area contributed by atoms with Crippen LogP contribution >= 0.6 is 22.9 Å². The lowest BCUT2D eigenvalue weighted by molar-refractivity contribution is 0.0505. The predicted molar refractivity (Wildman–Crippen MR) is 106 cm³/mol. The molecule has 0 spiro atoms. The molecule has 1 aromatic carbocycles. The molecule has 0 bridgehead atoms. The molecule has 7 heteroatoms. The lowest BCUT2D eigenvalue weighted by Gasteiger charge is -2.12. The Morgan fingerprint density at radius 3 is 2.81 bits per heavy atom. The third kappa shape index (κ3) is 4.37. The molecule has 3 rings (SSSR count). The number of aryl methyl sites for hydroxylation is 1. The number of anilines is 2. The van der Waals surface area contributed by atoms with Crippen LogP contribution < -0.4 is 10.6 Å². The minimum atomic E-state index is -0.407. The maximum atomic E-state index is 12.5. The highest BCUT2D eigenvalue weighted by Gasteiger charge is 2.27. The van der Waals surface area contributed by atoms with Gasteiger partial charge in [0.15, 0.2) is 0 Å². The fourth-order valence-electron chi connectivity index (χ4n) is 2.97. The Labute approximate surface area is 161 Å². The van der Waals surface area contributed by atoms with E-state index >= 15 is 0 Å². The first kappa shape index (κ1) is 18.7. The normalized spacial score (nSPS) is 13.0. The topological polar surface area (TPSA) is 67.4 Å². The van der Waals surface area contributed by atoms with Crippen molar-refractivity contribution in [3.63, 3.8) is 0 Å². The second-order valence-corrected chi connectivity index (χ2v) is 7.68. The highest BCUT2D eigenvalue weighted by molar-refractivity contribution is 7.17. The Bertz CT molecular complexity index is 819. The van der Waals surface area contributed by atoms with Gasteiger partial charge in [-0.2, -0.15) is 0 Å². The molecule has 138 valence electrons. The van der Waals surface area contributed by atoms with Gasteiger partial charge < -0.3 is 10.1 Å². The number of benzene rings is 1. The van der Waals surface area contributed by atoms with Crippen LogP contribution in [0.5, 0.6) is 0 Å². The zero-order chi connectivity index (χ0) is 18.5. The molecular weight excluding hydrogens is 372 g/mol. The maximum absolute atomic E-state index is 12.5. The first-order valence-corrected chi connectivity index (χ1v) is 9.93. The van der Waals surface area contributed by atoms with Crippen LogP contribution in [0.15, 0.2) is 24.3 Å². The van der Waals surface area contributed by atoms with E-state index in [2.05, 4.69) is 10.6 Å². The van der Waals surface area contributed by atoms with Gasteiger partial charge in [-0.1, -0.05) is 24.6 Å². The summed E-state index contributed by atoms with van der Waals surface area (Å²) in [5, 5.41) is 6.65. The average molecular weight is 393 g/mol. The van der Waals surface area contributed by atoms with E-state index in [1.165, 1.54) is 11.3 Å². The fraction of sp³-hybridized carbons (Fsp3) is 0.368. The smallest absolute Gasteiger partial charge is 0.341 e. The zero-order valence-corrected chi connectivity index (χ0v) is 16.1. The largest absolute Gasteiger partial charge is 0.462 e. The first-order valence-electron chi connectivity index (χ1n) is 8.73. The van der Waals surface area contributed by atoms with Gasteiger partial charge in [-0.15, -0.1) is 11.3 Å². The molecule has 5 nitrogen and oxygen atoms in total. The van der Waals surface area contributed by atoms with Crippen molar-refractivity contribution in [2.24, 2.45) is 0 Å². The molecule has 2 aromatic rings. The maximum Gasteiger partial charge on any atom is 0.341 e. The van der Waals surface area contributed by atoms with E-state index in [0.717, 1.165) is 42.5 Å². The molecule has 0 radical (unpaired) electrons. The number of ether oxygens (including phenoxy) is 1. The van der Waals surface area contributed by atoms with Gasteiger partial charge in [-0.25, -0.2) is 9.59 Å². The number of hydrogen-bond donors (Lipinski definition) is 2. The molecule has 0 unspecified atom stereocenters. The number of hydrogen-bond acceptors (Lipinski definition) is 4. The van der Waals surface area contributed by atoms with Crippen molar-refractivity contribution in [3.05, 3.63) is 45.3 Å². The number of rotatable bonds is 5. The molecule has 2 N–H and O–H groups in total. The van der Waals surface area contributed by atoms with Crippen molar-refractivity contribution in [2.75, 3.05) is 17.2 Å². The van der Waals surface area contributed by atoms with Crippen LogP contribution in [0.4, 0.5) is 15.5 Å². The number of nitrogens with one attached hydrogen (secondary N) is 2. The standard InChI is InChI=1S/C19H21ClN2O3S/c1-2-10-25-18(23)16-14-8-3-4-9-15(14)26-17(16)22-19(24)21-13-7-5-6-12(20)11-13/h5-7,11H,2-4,8-10H2,1H3,(H2,21,22,24). The molecule has 1 aliphatic carbocycles. The van der Waals surface area contributed by atoms with Crippen molar-refractivity contribution >= 4 is 45.6 Å². The van der Waals surface area contributed by atoms with E-state index in [9.17, 15) is 9.59 Å². The van der Waals surface area contributed by atoms with E-state index in [1.807, 2.05) is 6.92 Å². The third-order valence-corrected chi connectivity index (χ3v) is 5.56. The number of carbonyl (C=O) groups is 2. The van der Waals surface area contributed by atoms with Gasteiger partial charge in [0.1, 0.15) is 5.00 Å². The molecule has 0 atom stereocenters. The minimum absolute atomic E-state index is 0.357. The Hall–Kier alpha value is -2.05. The fourth-order valence-corrected chi connectivity index (χ4v) is 4.43. The quantitative estimate of drug-likeness (QED) is 0.661. The zero-order valence-electron chi connectivity index (χ0n) is 14.6. The van der Waals surface area contributed by atoms with E-state index in [1.54, 1.807) is 24.3 Å². The van der Waals surface area contributed by atoms with Gasteiger partial charge in [-0.3, -0.25) is 5.32 Å². The second-order valence-electron chi connectivity index (χ2n) is 6.14.